The number of nitrogens with zero attached hydrogens (tertiary/aromatic N) is 2. The van der Waals surface area contributed by atoms with E-state index in [9.17, 15) is 19.7 Å². The largest absolute Gasteiger partial charge is 0.494 e. The summed E-state index contributed by atoms with van der Waals surface area (Å²) in [5, 5.41) is 31.8. The van der Waals surface area contributed by atoms with E-state index in [1.165, 1.54) is 19.2 Å². The van der Waals surface area contributed by atoms with Gasteiger partial charge in [-0.05, 0) is 51.5 Å². The number of carboxylic acid groups (broad SMARTS) is 1. The number of aliphatic carboxylic acids is 1. The fraction of sp³-hybridized carbons (Fsp3) is 0.367. The monoisotopic (exact) mass is 576 g/mol. The number of benzene rings is 2. The van der Waals surface area contributed by atoms with Gasteiger partial charge in [0.1, 0.15) is 12.3 Å². The van der Waals surface area contributed by atoms with Gasteiger partial charge in [-0.25, -0.2) is 4.99 Å². The van der Waals surface area contributed by atoms with Crippen LogP contribution in [0.4, 0.5) is 17.1 Å². The maximum Gasteiger partial charge on any atom is 0.303 e. The van der Waals surface area contributed by atoms with Crippen LogP contribution in [-0.2, 0) is 9.59 Å². The second kappa shape index (κ2) is 16.1. The van der Waals surface area contributed by atoms with E-state index in [4.69, 9.17) is 9.84 Å². The highest BCUT2D eigenvalue weighted by Crippen LogP contribution is 2.27. The van der Waals surface area contributed by atoms with Crippen LogP contribution in [0.25, 0.3) is 0 Å². The highest BCUT2D eigenvalue weighted by Gasteiger charge is 2.13. The number of carbonyl (C=O) groups excluding carboxylic acids is 1. The number of aliphatic imine (C=N–C) groups is 1. The summed E-state index contributed by atoms with van der Waals surface area (Å²) in [5.41, 5.74) is 2.25. The maximum absolute atomic E-state index is 11.9. The van der Waals surface area contributed by atoms with E-state index in [1.807, 2.05) is 32.9 Å². The number of nitrogens with one attached hydrogen (secondary N) is 4. The zero-order valence-electron chi connectivity index (χ0n) is 24.4. The Balaban J connectivity index is 2.20. The number of rotatable bonds is 10. The molecule has 0 heterocycles. The molecule has 12 heteroatoms. The number of hydrogen-bond donors (Lipinski definition) is 5. The number of amides is 1. The van der Waals surface area contributed by atoms with Gasteiger partial charge in [0, 0.05) is 48.9 Å². The van der Waals surface area contributed by atoms with Gasteiger partial charge < -0.3 is 31.1 Å². The van der Waals surface area contributed by atoms with Crippen molar-refractivity contribution in [2.24, 2.45) is 4.99 Å². The molecule has 2 aromatic rings. The lowest BCUT2D eigenvalue weighted by Gasteiger charge is -2.23. The van der Waals surface area contributed by atoms with Crippen molar-refractivity contribution in [1.82, 2.24) is 10.6 Å². The van der Waals surface area contributed by atoms with Gasteiger partial charge in [-0.1, -0.05) is 23.7 Å². The van der Waals surface area contributed by atoms with Crippen molar-refractivity contribution in [3.63, 3.8) is 0 Å². The van der Waals surface area contributed by atoms with E-state index in [1.54, 1.807) is 19.2 Å². The molecule has 0 saturated heterocycles. The molecule has 0 spiro atoms. The van der Waals surface area contributed by atoms with E-state index in [2.05, 4.69) is 49.9 Å². The minimum atomic E-state index is -0.939. The summed E-state index contributed by atoms with van der Waals surface area (Å²) < 4.78 is 5.59. The molecule has 5 N–H and O–H groups in total. The van der Waals surface area contributed by atoms with Gasteiger partial charge in [-0.15, -0.1) is 0 Å². The summed E-state index contributed by atoms with van der Waals surface area (Å²) >= 11 is 0. The lowest BCUT2D eigenvalue weighted by atomic mass is 10.1. The summed E-state index contributed by atoms with van der Waals surface area (Å²) in [7, 11) is 3.29. The number of non-ortho nitro benzene ring substituents is 1. The average molecular weight is 577 g/mol. The molecule has 0 atom stereocenters. The molecule has 0 aliphatic carbocycles. The van der Waals surface area contributed by atoms with Gasteiger partial charge in [0.05, 0.1) is 29.7 Å². The van der Waals surface area contributed by atoms with Gasteiger partial charge in [0.15, 0.2) is 5.96 Å². The number of hydrogen-bond acceptors (Lipinski definition) is 7. The SMILES string of the molecule is CNc1cc(C#CCN=C(Nc2ccc([N+](=O)[O-])cc2)NC(C)(C)C)c(OC)c(C#CCNC(=O)CCCC(=O)O)c1. The summed E-state index contributed by atoms with van der Waals surface area (Å²) in [4.78, 5) is 37.5. The molecule has 0 unspecified atom stereocenters. The van der Waals surface area contributed by atoms with E-state index in [0.717, 1.165) is 5.69 Å². The van der Waals surface area contributed by atoms with Crippen molar-refractivity contribution in [2.45, 2.75) is 45.6 Å². The standard InChI is InChI=1S/C30H36N6O6/c1-30(2,3)35-29(34-23-13-15-25(16-14-23)36(40)41)33-18-8-10-22-20-24(31-4)19-21(28(22)42-5)9-7-17-32-26(37)11-6-12-27(38)39/h13-16,19-20,31H,6,11-12,17-18H2,1-5H3,(H,32,37)(H,38,39)(H2,33,34,35). The second-order valence-electron chi connectivity index (χ2n) is 9.95. The lowest BCUT2D eigenvalue weighted by molar-refractivity contribution is -0.384. The number of ether oxygens (including phenoxy) is 1. The van der Waals surface area contributed by atoms with Crippen LogP contribution in [0.3, 0.4) is 0 Å². The van der Waals surface area contributed by atoms with Gasteiger partial charge >= 0.3 is 5.97 Å². The van der Waals surface area contributed by atoms with Crippen molar-refractivity contribution in [3.8, 4) is 29.4 Å². The normalized spacial score (nSPS) is 10.7. The summed E-state index contributed by atoms with van der Waals surface area (Å²) in [6, 6.07) is 9.66. The lowest BCUT2D eigenvalue weighted by Crippen LogP contribution is -2.44. The predicted molar refractivity (Wildman–Crippen MR) is 163 cm³/mol. The zero-order chi connectivity index (χ0) is 31.1. The first-order chi connectivity index (χ1) is 19.9. The van der Waals surface area contributed by atoms with Crippen LogP contribution in [0.1, 0.15) is 51.2 Å². The predicted octanol–water partition coefficient (Wildman–Crippen LogP) is 3.58. The Morgan fingerprint density at radius 3 is 2.24 bits per heavy atom. The fourth-order valence-corrected chi connectivity index (χ4v) is 3.47. The van der Waals surface area contributed by atoms with Crippen LogP contribution in [0.2, 0.25) is 0 Å². The van der Waals surface area contributed by atoms with Crippen LogP contribution >= 0.6 is 0 Å². The minimum absolute atomic E-state index is 0.00627. The average Bonchev–Trinajstić information content (AvgIpc) is 2.92. The zero-order valence-corrected chi connectivity index (χ0v) is 24.4. The number of carbonyl (C=O) groups is 2. The topological polar surface area (TPSA) is 167 Å². The fourth-order valence-electron chi connectivity index (χ4n) is 3.47. The molecular weight excluding hydrogens is 540 g/mol. The number of nitro benzene ring substituents is 1. The van der Waals surface area contributed by atoms with Crippen molar-refractivity contribution < 1.29 is 24.4 Å². The van der Waals surface area contributed by atoms with Crippen molar-refractivity contribution in [3.05, 3.63) is 57.6 Å². The third-order valence-corrected chi connectivity index (χ3v) is 5.35. The van der Waals surface area contributed by atoms with Crippen molar-refractivity contribution in [2.75, 3.05) is 37.9 Å². The highest BCUT2D eigenvalue weighted by molar-refractivity contribution is 5.94. The Labute approximate surface area is 245 Å². The van der Waals surface area contributed by atoms with Crippen LogP contribution in [-0.4, -0.2) is 60.7 Å². The minimum Gasteiger partial charge on any atom is -0.494 e. The number of carboxylic acids is 1. The third-order valence-electron chi connectivity index (χ3n) is 5.35. The van der Waals surface area contributed by atoms with Crippen LogP contribution in [0.5, 0.6) is 5.75 Å². The van der Waals surface area contributed by atoms with E-state index in [-0.39, 0.29) is 49.5 Å². The van der Waals surface area contributed by atoms with Gasteiger partial charge in [0.2, 0.25) is 5.91 Å². The maximum atomic E-state index is 11.9. The highest BCUT2D eigenvalue weighted by atomic mass is 16.6. The van der Waals surface area contributed by atoms with Gasteiger partial charge in [0.25, 0.3) is 5.69 Å². The summed E-state index contributed by atoms with van der Waals surface area (Å²) in [6.45, 7) is 6.17. The number of nitro groups is 1. The second-order valence-corrected chi connectivity index (χ2v) is 9.95. The number of methoxy groups -OCH3 is 1. The molecule has 12 nitrogen and oxygen atoms in total. The molecular formula is C30H36N6O6. The Hall–Kier alpha value is -5.23. The Bertz CT molecular complexity index is 1420. The number of anilines is 2. The molecule has 0 saturated carbocycles. The quantitative estimate of drug-likeness (QED) is 0.0934. The van der Waals surface area contributed by atoms with Gasteiger partial charge in [-0.3, -0.25) is 19.7 Å². The Kier molecular flexibility index (Phi) is 12.7. The summed E-state index contributed by atoms with van der Waals surface area (Å²) in [5.74, 6) is 11.7. The molecule has 222 valence electrons. The molecule has 0 fully saturated rings. The molecule has 42 heavy (non-hydrogen) atoms. The molecule has 0 bridgehead atoms. The Morgan fingerprint density at radius 1 is 1.05 bits per heavy atom. The van der Waals surface area contributed by atoms with Crippen molar-refractivity contribution in [1.29, 1.82) is 0 Å². The number of guanidine groups is 1. The van der Waals surface area contributed by atoms with Crippen LogP contribution < -0.4 is 26.0 Å². The molecule has 2 rings (SSSR count). The van der Waals surface area contributed by atoms with Crippen LogP contribution in [0, 0.1) is 33.8 Å². The molecule has 0 aliphatic heterocycles. The first-order valence-electron chi connectivity index (χ1n) is 13.1. The van der Waals surface area contributed by atoms with Crippen LogP contribution in [0.15, 0.2) is 41.4 Å². The molecule has 0 aromatic heterocycles. The third kappa shape index (κ3) is 11.9. The molecule has 1 amide bonds. The molecule has 2 aromatic carbocycles. The summed E-state index contributed by atoms with van der Waals surface area (Å²) in [6.07, 6.45) is 0.317. The van der Waals surface area contributed by atoms with E-state index in [0.29, 0.717) is 28.5 Å². The van der Waals surface area contributed by atoms with E-state index >= 15 is 0 Å². The molecule has 0 radical (unpaired) electrons. The Morgan fingerprint density at radius 2 is 1.69 bits per heavy atom. The molecule has 0 aliphatic rings. The smallest absolute Gasteiger partial charge is 0.303 e. The first-order valence-corrected chi connectivity index (χ1v) is 13.1. The van der Waals surface area contributed by atoms with E-state index < -0.39 is 10.9 Å². The van der Waals surface area contributed by atoms with Gasteiger partial charge in [-0.2, -0.15) is 0 Å². The first kappa shape index (κ1) is 33.0. The van der Waals surface area contributed by atoms with Crippen molar-refractivity contribution >= 4 is 34.9 Å².